The molecule has 0 unspecified atom stereocenters. The molecule has 0 saturated carbocycles. The number of amides is 1. The van der Waals surface area contributed by atoms with E-state index in [1.54, 1.807) is 24.3 Å². The van der Waals surface area contributed by atoms with E-state index in [-0.39, 0.29) is 13.2 Å². The molecular formula is C13H14ClN3O4. The molecule has 2 rings (SSSR count). The zero-order valence-electron chi connectivity index (χ0n) is 11.2. The van der Waals surface area contributed by atoms with Gasteiger partial charge in [0, 0.05) is 12.1 Å². The molecule has 0 spiro atoms. The molecule has 2 N–H and O–H groups in total. The van der Waals surface area contributed by atoms with Crippen LogP contribution in [0.1, 0.15) is 23.4 Å². The molecule has 7 nitrogen and oxygen atoms in total. The molecule has 112 valence electrons. The molecule has 1 aromatic carbocycles. The van der Waals surface area contributed by atoms with Crippen molar-refractivity contribution in [1.82, 2.24) is 15.5 Å². The number of aromatic nitrogens is 2. The van der Waals surface area contributed by atoms with Crippen molar-refractivity contribution in [2.75, 3.05) is 7.11 Å². The van der Waals surface area contributed by atoms with Gasteiger partial charge >= 0.3 is 0 Å². The Morgan fingerprint density at radius 1 is 1.48 bits per heavy atom. The normalized spacial score (nSPS) is 12.1. The van der Waals surface area contributed by atoms with Gasteiger partial charge in [-0.15, -0.1) is 0 Å². The summed E-state index contributed by atoms with van der Waals surface area (Å²) in [5.74, 6) is 0.0640. The van der Waals surface area contributed by atoms with Crippen LogP contribution in [0.4, 0.5) is 0 Å². The van der Waals surface area contributed by atoms with Gasteiger partial charge in [0.25, 0.3) is 11.8 Å². The lowest BCUT2D eigenvalue weighted by atomic mass is 10.1. The van der Waals surface area contributed by atoms with Crippen LogP contribution in [0.5, 0.6) is 0 Å². The summed E-state index contributed by atoms with van der Waals surface area (Å²) in [6.45, 7) is 0.255. The third-order valence-electron chi connectivity index (χ3n) is 2.63. The summed E-state index contributed by atoms with van der Waals surface area (Å²) >= 11 is 5.75. The van der Waals surface area contributed by atoms with Gasteiger partial charge in [-0.25, -0.2) is 0 Å². The van der Waals surface area contributed by atoms with E-state index < -0.39 is 12.0 Å². The van der Waals surface area contributed by atoms with Gasteiger partial charge in [0.1, 0.15) is 6.61 Å². The van der Waals surface area contributed by atoms with Gasteiger partial charge in [0.2, 0.25) is 0 Å². The highest BCUT2D eigenvalue weighted by Crippen LogP contribution is 2.16. The lowest BCUT2D eigenvalue weighted by Crippen LogP contribution is -2.29. The summed E-state index contributed by atoms with van der Waals surface area (Å²) in [6, 6.07) is 6.36. The standard InChI is InChI=1S/C13H14ClN3O4/c1-20-7-11-16-10(17-21-11)6-15-13(19)12(18)8-2-4-9(14)5-3-8/h2-5,12,18H,6-7H2,1H3,(H,15,19)/t12-/m1/s1. The van der Waals surface area contributed by atoms with Gasteiger partial charge in [-0.05, 0) is 17.7 Å². The fraction of sp³-hybridized carbons (Fsp3) is 0.308. The zero-order valence-corrected chi connectivity index (χ0v) is 12.0. The smallest absolute Gasteiger partial charge is 0.253 e. The molecule has 1 atom stereocenters. The van der Waals surface area contributed by atoms with Crippen molar-refractivity contribution in [2.45, 2.75) is 19.3 Å². The van der Waals surface area contributed by atoms with E-state index in [2.05, 4.69) is 15.5 Å². The summed E-state index contributed by atoms with van der Waals surface area (Å²) in [6.07, 6.45) is -1.28. The first kappa shape index (κ1) is 15.4. The first-order valence-electron chi connectivity index (χ1n) is 6.12. The fourth-order valence-corrected chi connectivity index (χ4v) is 1.73. The van der Waals surface area contributed by atoms with Crippen LogP contribution in [0.15, 0.2) is 28.8 Å². The van der Waals surface area contributed by atoms with E-state index in [0.29, 0.717) is 22.3 Å². The molecule has 0 aliphatic rings. The summed E-state index contributed by atoms with van der Waals surface area (Å²) in [5.41, 5.74) is 0.449. The number of halogens is 1. The maximum absolute atomic E-state index is 11.8. The second-order valence-electron chi connectivity index (χ2n) is 4.21. The molecular weight excluding hydrogens is 298 g/mol. The van der Waals surface area contributed by atoms with Crippen molar-refractivity contribution in [3.05, 3.63) is 46.6 Å². The Kier molecular flexibility index (Phi) is 5.26. The summed E-state index contributed by atoms with van der Waals surface area (Å²) in [4.78, 5) is 15.8. The van der Waals surface area contributed by atoms with E-state index in [0.717, 1.165) is 0 Å². The number of rotatable bonds is 6. The Hall–Kier alpha value is -1.96. The molecule has 1 amide bonds. The molecule has 1 heterocycles. The Labute approximate surface area is 125 Å². The molecule has 0 aliphatic heterocycles. The Morgan fingerprint density at radius 2 is 2.19 bits per heavy atom. The minimum Gasteiger partial charge on any atom is -0.378 e. The van der Waals surface area contributed by atoms with Crippen LogP contribution < -0.4 is 5.32 Å². The molecule has 0 fully saturated rings. The van der Waals surface area contributed by atoms with Crippen molar-refractivity contribution in [2.24, 2.45) is 0 Å². The van der Waals surface area contributed by atoms with Crippen molar-refractivity contribution in [1.29, 1.82) is 0 Å². The quantitative estimate of drug-likeness (QED) is 0.832. The van der Waals surface area contributed by atoms with Gasteiger partial charge in [-0.1, -0.05) is 28.9 Å². The topological polar surface area (TPSA) is 97.5 Å². The van der Waals surface area contributed by atoms with Crippen LogP contribution in [-0.4, -0.2) is 28.3 Å². The SMILES string of the molecule is COCc1nc(CNC(=O)[C@H](O)c2ccc(Cl)cc2)no1. The maximum atomic E-state index is 11.8. The second-order valence-corrected chi connectivity index (χ2v) is 4.65. The minimum absolute atomic E-state index is 0.0523. The second kappa shape index (κ2) is 7.16. The number of methoxy groups -OCH3 is 1. The molecule has 0 bridgehead atoms. The van der Waals surface area contributed by atoms with Gasteiger partial charge in [0.05, 0.1) is 6.54 Å². The number of hydrogen-bond donors (Lipinski definition) is 2. The maximum Gasteiger partial charge on any atom is 0.253 e. The molecule has 0 radical (unpaired) electrons. The fourth-order valence-electron chi connectivity index (χ4n) is 1.60. The average Bonchev–Trinajstić information content (AvgIpc) is 2.93. The van der Waals surface area contributed by atoms with Crippen LogP contribution in [0.25, 0.3) is 0 Å². The number of hydrogen-bond acceptors (Lipinski definition) is 6. The number of nitrogens with zero attached hydrogens (tertiary/aromatic N) is 2. The first-order chi connectivity index (χ1) is 10.1. The van der Waals surface area contributed by atoms with Gasteiger partial charge < -0.3 is 19.7 Å². The van der Waals surface area contributed by atoms with Crippen molar-refractivity contribution < 1.29 is 19.2 Å². The number of nitrogens with one attached hydrogen (secondary N) is 1. The molecule has 0 saturated heterocycles. The number of ether oxygens (including phenoxy) is 1. The molecule has 0 aliphatic carbocycles. The van der Waals surface area contributed by atoms with Crippen LogP contribution in [0.2, 0.25) is 5.02 Å². The number of carbonyl (C=O) groups excluding carboxylic acids is 1. The largest absolute Gasteiger partial charge is 0.378 e. The Bertz CT molecular complexity index is 600. The minimum atomic E-state index is -1.28. The van der Waals surface area contributed by atoms with E-state index in [1.165, 1.54) is 7.11 Å². The van der Waals surface area contributed by atoms with Crippen LogP contribution >= 0.6 is 11.6 Å². The number of aliphatic hydroxyl groups excluding tert-OH is 1. The Morgan fingerprint density at radius 3 is 2.86 bits per heavy atom. The average molecular weight is 312 g/mol. The first-order valence-corrected chi connectivity index (χ1v) is 6.49. The monoisotopic (exact) mass is 311 g/mol. The van der Waals surface area contributed by atoms with Crippen LogP contribution in [0, 0.1) is 0 Å². The van der Waals surface area contributed by atoms with Crippen LogP contribution in [0.3, 0.4) is 0 Å². The zero-order chi connectivity index (χ0) is 15.2. The van der Waals surface area contributed by atoms with Crippen molar-refractivity contribution >= 4 is 17.5 Å². The number of benzene rings is 1. The van der Waals surface area contributed by atoms with Gasteiger partial charge in [0.15, 0.2) is 11.9 Å². The van der Waals surface area contributed by atoms with E-state index >= 15 is 0 Å². The third-order valence-corrected chi connectivity index (χ3v) is 2.88. The number of carbonyl (C=O) groups is 1. The highest BCUT2D eigenvalue weighted by atomic mass is 35.5. The summed E-state index contributed by atoms with van der Waals surface area (Å²) < 4.78 is 9.72. The van der Waals surface area contributed by atoms with E-state index in [1.807, 2.05) is 0 Å². The lowest BCUT2D eigenvalue weighted by molar-refractivity contribution is -0.129. The highest BCUT2D eigenvalue weighted by Gasteiger charge is 2.17. The Balaban J connectivity index is 1.89. The summed E-state index contributed by atoms with van der Waals surface area (Å²) in [5, 5.41) is 16.6. The van der Waals surface area contributed by atoms with Crippen molar-refractivity contribution in [3.8, 4) is 0 Å². The molecule has 21 heavy (non-hydrogen) atoms. The predicted octanol–water partition coefficient (Wildman–Crippen LogP) is 1.22. The molecule has 8 heteroatoms. The van der Waals surface area contributed by atoms with E-state index in [4.69, 9.17) is 20.9 Å². The van der Waals surface area contributed by atoms with E-state index in [9.17, 15) is 9.90 Å². The third kappa shape index (κ3) is 4.25. The van der Waals surface area contributed by atoms with Gasteiger partial charge in [-0.3, -0.25) is 4.79 Å². The van der Waals surface area contributed by atoms with Gasteiger partial charge in [-0.2, -0.15) is 4.98 Å². The number of aliphatic hydroxyl groups is 1. The molecule has 2 aromatic rings. The summed E-state index contributed by atoms with van der Waals surface area (Å²) in [7, 11) is 1.51. The highest BCUT2D eigenvalue weighted by molar-refractivity contribution is 6.30. The predicted molar refractivity (Wildman–Crippen MR) is 73.3 cm³/mol. The molecule has 1 aromatic heterocycles. The van der Waals surface area contributed by atoms with Crippen LogP contribution in [-0.2, 0) is 22.7 Å². The lowest BCUT2D eigenvalue weighted by Gasteiger charge is -2.10. The van der Waals surface area contributed by atoms with Crippen molar-refractivity contribution in [3.63, 3.8) is 0 Å².